The van der Waals surface area contributed by atoms with E-state index in [4.69, 9.17) is 5.11 Å². The number of hydrogen-bond donors (Lipinski definition) is 2. The molecule has 1 aromatic carbocycles. The maximum Gasteiger partial charge on any atom is 0.318 e. The quantitative estimate of drug-likeness (QED) is 0.711. The van der Waals surface area contributed by atoms with Crippen LogP contribution in [0.5, 0.6) is 0 Å². The summed E-state index contributed by atoms with van der Waals surface area (Å²) in [4.78, 5) is 21.6. The number of nitrogens with one attached hydrogen (secondary N) is 1. The van der Waals surface area contributed by atoms with Crippen molar-refractivity contribution in [1.82, 2.24) is 4.72 Å². The Hall–Kier alpha value is -1.45. The molecule has 0 amide bonds. The highest BCUT2D eigenvalue weighted by Gasteiger charge is 2.21. The Morgan fingerprint density at radius 1 is 1.40 bits per heavy atom. The van der Waals surface area contributed by atoms with Crippen LogP contribution in [0.1, 0.15) is 5.56 Å². The van der Waals surface area contributed by atoms with Gasteiger partial charge in [-0.25, -0.2) is 8.42 Å². The summed E-state index contributed by atoms with van der Waals surface area (Å²) in [6, 6.07) is 4.23. The molecule has 0 aliphatic heterocycles. The fourth-order valence-corrected chi connectivity index (χ4v) is 3.01. The van der Waals surface area contributed by atoms with Crippen LogP contribution in [0.2, 0.25) is 0 Å². The topological polar surface area (TPSA) is 110 Å². The normalized spacial score (nSPS) is 11.1. The number of carbonyl (C=O) groups is 2. The molecular weight excluding hydrogens is 354 g/mol. The van der Waals surface area contributed by atoms with E-state index in [1.54, 1.807) is 0 Å². The van der Waals surface area contributed by atoms with Gasteiger partial charge in [0, 0.05) is 4.47 Å². The monoisotopic (exact) mass is 365 g/mol. The predicted octanol–water partition coefficient (Wildman–Crippen LogP) is 0.527. The van der Waals surface area contributed by atoms with Gasteiger partial charge in [0.05, 0.1) is 18.4 Å². The van der Waals surface area contributed by atoms with Crippen LogP contribution in [-0.4, -0.2) is 39.1 Å². The van der Waals surface area contributed by atoms with Crippen molar-refractivity contribution in [1.29, 1.82) is 0 Å². The molecule has 0 saturated heterocycles. The van der Waals surface area contributed by atoms with Crippen molar-refractivity contribution < 1.29 is 27.9 Å². The van der Waals surface area contributed by atoms with Crippen LogP contribution >= 0.6 is 15.9 Å². The average Bonchev–Trinajstić information content (AvgIpc) is 2.36. The van der Waals surface area contributed by atoms with Crippen LogP contribution in [0.3, 0.4) is 0 Å². The van der Waals surface area contributed by atoms with Gasteiger partial charge in [0.1, 0.15) is 6.54 Å². The smallest absolute Gasteiger partial charge is 0.318 e. The summed E-state index contributed by atoms with van der Waals surface area (Å²) in [5.41, 5.74) is 0.212. The molecule has 9 heteroatoms. The average molecular weight is 366 g/mol. The van der Waals surface area contributed by atoms with E-state index in [0.29, 0.717) is 4.47 Å². The number of methoxy groups -OCH3 is 1. The molecule has 0 radical (unpaired) electrons. The van der Waals surface area contributed by atoms with Crippen LogP contribution in [0, 0.1) is 0 Å². The molecule has 0 heterocycles. The van der Waals surface area contributed by atoms with Gasteiger partial charge in [-0.2, -0.15) is 4.72 Å². The van der Waals surface area contributed by atoms with Crippen LogP contribution in [0.25, 0.3) is 0 Å². The lowest BCUT2D eigenvalue weighted by atomic mass is 10.1. The van der Waals surface area contributed by atoms with E-state index in [-0.39, 0.29) is 16.9 Å². The largest absolute Gasteiger partial charge is 0.480 e. The number of esters is 1. The number of halogens is 1. The first-order valence-electron chi connectivity index (χ1n) is 5.33. The molecule has 0 spiro atoms. The summed E-state index contributed by atoms with van der Waals surface area (Å²) in [6.07, 6.45) is -0.237. The Kier molecular flexibility index (Phi) is 5.66. The molecule has 110 valence electrons. The fraction of sp³-hybridized carbons (Fsp3) is 0.273. The first kappa shape index (κ1) is 16.6. The van der Waals surface area contributed by atoms with Crippen molar-refractivity contribution >= 4 is 37.9 Å². The van der Waals surface area contributed by atoms with Crippen molar-refractivity contribution in [2.45, 2.75) is 11.3 Å². The number of carbonyl (C=O) groups excluding carboxylic acids is 1. The van der Waals surface area contributed by atoms with Gasteiger partial charge < -0.3 is 9.84 Å². The minimum Gasteiger partial charge on any atom is -0.480 e. The molecule has 1 rings (SSSR count). The highest BCUT2D eigenvalue weighted by atomic mass is 79.9. The van der Waals surface area contributed by atoms with Gasteiger partial charge in [-0.15, -0.1) is 0 Å². The minimum atomic E-state index is -4.02. The number of ether oxygens (including phenoxy) is 1. The summed E-state index contributed by atoms with van der Waals surface area (Å²) in [6.45, 7) is -0.740. The number of aliphatic carboxylic acids is 1. The number of rotatable bonds is 6. The van der Waals surface area contributed by atoms with Crippen LogP contribution in [-0.2, 0) is 30.8 Å². The molecular formula is C11H12BrNO6S. The third kappa shape index (κ3) is 4.58. The van der Waals surface area contributed by atoms with Gasteiger partial charge in [-0.1, -0.05) is 15.9 Å². The number of benzene rings is 1. The molecule has 0 aromatic heterocycles. The van der Waals surface area contributed by atoms with Crippen LogP contribution in [0.4, 0.5) is 0 Å². The molecule has 0 saturated carbocycles. The molecule has 7 nitrogen and oxygen atoms in total. The van der Waals surface area contributed by atoms with Crippen molar-refractivity contribution in [2.75, 3.05) is 13.7 Å². The fourth-order valence-electron chi connectivity index (χ4n) is 1.41. The molecule has 0 unspecified atom stereocenters. The van der Waals surface area contributed by atoms with E-state index in [2.05, 4.69) is 20.7 Å². The number of carboxylic acid groups (broad SMARTS) is 1. The highest BCUT2D eigenvalue weighted by molar-refractivity contribution is 9.10. The molecule has 0 atom stereocenters. The lowest BCUT2D eigenvalue weighted by molar-refractivity contribution is -0.140. The molecule has 0 aliphatic carbocycles. The lowest BCUT2D eigenvalue weighted by Crippen LogP contribution is -2.30. The Balaban J connectivity index is 3.16. The van der Waals surface area contributed by atoms with E-state index in [0.717, 1.165) is 0 Å². The van der Waals surface area contributed by atoms with Crippen molar-refractivity contribution in [2.24, 2.45) is 0 Å². The van der Waals surface area contributed by atoms with Gasteiger partial charge in [0.25, 0.3) is 0 Å². The van der Waals surface area contributed by atoms with Gasteiger partial charge in [0.2, 0.25) is 10.0 Å². The maximum absolute atomic E-state index is 12.0. The number of sulfonamides is 1. The summed E-state index contributed by atoms with van der Waals surface area (Å²) < 4.78 is 31.0. The second-order valence-electron chi connectivity index (χ2n) is 3.72. The zero-order chi connectivity index (χ0) is 15.3. The SMILES string of the molecule is COC(=O)Cc1cc(Br)ccc1S(=O)(=O)NCC(=O)O. The van der Waals surface area contributed by atoms with Crippen molar-refractivity contribution in [3.63, 3.8) is 0 Å². The second-order valence-corrected chi connectivity index (χ2v) is 6.37. The van der Waals surface area contributed by atoms with Crippen molar-refractivity contribution in [3.8, 4) is 0 Å². The van der Waals surface area contributed by atoms with Crippen molar-refractivity contribution in [3.05, 3.63) is 28.2 Å². The van der Waals surface area contributed by atoms with E-state index in [9.17, 15) is 18.0 Å². The zero-order valence-corrected chi connectivity index (χ0v) is 12.8. The highest BCUT2D eigenvalue weighted by Crippen LogP contribution is 2.21. The van der Waals surface area contributed by atoms with Crippen LogP contribution < -0.4 is 4.72 Å². The number of carboxylic acids is 1. The predicted molar refractivity (Wildman–Crippen MR) is 72.7 cm³/mol. The number of hydrogen-bond acceptors (Lipinski definition) is 5. The molecule has 20 heavy (non-hydrogen) atoms. The molecule has 0 bridgehead atoms. The maximum atomic E-state index is 12.0. The first-order valence-corrected chi connectivity index (χ1v) is 7.60. The van der Waals surface area contributed by atoms with E-state index < -0.39 is 28.5 Å². The Morgan fingerprint density at radius 2 is 2.05 bits per heavy atom. The lowest BCUT2D eigenvalue weighted by Gasteiger charge is -2.10. The zero-order valence-electron chi connectivity index (χ0n) is 10.4. The third-order valence-electron chi connectivity index (χ3n) is 2.29. The van der Waals surface area contributed by atoms with Gasteiger partial charge in [-0.05, 0) is 23.8 Å². The first-order chi connectivity index (χ1) is 9.26. The summed E-state index contributed by atoms with van der Waals surface area (Å²) >= 11 is 3.18. The Bertz CT molecular complexity index is 628. The standard InChI is InChI=1S/C11H12BrNO6S/c1-19-11(16)5-7-4-8(12)2-3-9(7)20(17,18)13-6-10(14)15/h2-4,13H,5-6H2,1H3,(H,14,15). The van der Waals surface area contributed by atoms with Crippen LogP contribution in [0.15, 0.2) is 27.6 Å². The molecule has 0 aliphatic rings. The summed E-state index contributed by atoms with van der Waals surface area (Å²) in [5, 5.41) is 8.51. The third-order valence-corrected chi connectivity index (χ3v) is 4.28. The van der Waals surface area contributed by atoms with Gasteiger partial charge in [0.15, 0.2) is 0 Å². The Morgan fingerprint density at radius 3 is 2.60 bits per heavy atom. The molecule has 0 fully saturated rings. The van der Waals surface area contributed by atoms with E-state index in [1.807, 2.05) is 4.72 Å². The molecule has 2 N–H and O–H groups in total. The van der Waals surface area contributed by atoms with E-state index in [1.165, 1.54) is 25.3 Å². The molecule has 1 aromatic rings. The Labute approximate surface area is 124 Å². The van der Waals surface area contributed by atoms with E-state index >= 15 is 0 Å². The van der Waals surface area contributed by atoms with Gasteiger partial charge in [-0.3, -0.25) is 9.59 Å². The minimum absolute atomic E-state index is 0.160. The summed E-state index contributed by atoms with van der Waals surface area (Å²) in [7, 11) is -2.82. The second kappa shape index (κ2) is 6.82. The van der Waals surface area contributed by atoms with Gasteiger partial charge >= 0.3 is 11.9 Å². The summed E-state index contributed by atoms with van der Waals surface area (Å²) in [5.74, 6) is -1.90.